The molecular formula is C19H27ClN2O3S. The fourth-order valence-corrected chi connectivity index (χ4v) is 5.17. The summed E-state index contributed by atoms with van der Waals surface area (Å²) in [6.07, 6.45) is 7.39. The number of amides is 2. The fraction of sp³-hybridized carbons (Fsp3) is 0.632. The Labute approximate surface area is 160 Å². The van der Waals surface area contributed by atoms with Crippen LogP contribution in [0.1, 0.15) is 56.6 Å². The van der Waals surface area contributed by atoms with Crippen LogP contribution in [0.5, 0.6) is 0 Å². The van der Waals surface area contributed by atoms with E-state index in [9.17, 15) is 13.2 Å². The van der Waals surface area contributed by atoms with Crippen molar-refractivity contribution in [2.45, 2.75) is 62.3 Å². The number of halogens is 1. The Morgan fingerprint density at radius 2 is 1.69 bits per heavy atom. The monoisotopic (exact) mass is 398 g/mol. The first-order valence-electron chi connectivity index (χ1n) is 9.34. The van der Waals surface area contributed by atoms with Gasteiger partial charge in [-0.05, 0) is 62.1 Å². The van der Waals surface area contributed by atoms with Crippen LogP contribution in [0.25, 0.3) is 0 Å². The van der Waals surface area contributed by atoms with E-state index in [1.54, 1.807) is 0 Å². The molecule has 1 unspecified atom stereocenters. The van der Waals surface area contributed by atoms with Gasteiger partial charge in [0.1, 0.15) is 9.84 Å². The molecule has 0 spiro atoms. The van der Waals surface area contributed by atoms with Gasteiger partial charge in [0.15, 0.2) is 0 Å². The zero-order chi connectivity index (χ0) is 18.7. The zero-order valence-corrected chi connectivity index (χ0v) is 16.7. The summed E-state index contributed by atoms with van der Waals surface area (Å²) < 4.78 is 23.3. The van der Waals surface area contributed by atoms with Crippen molar-refractivity contribution < 1.29 is 13.2 Å². The van der Waals surface area contributed by atoms with Crippen molar-refractivity contribution in [3.05, 3.63) is 34.9 Å². The minimum Gasteiger partial charge on any atom is -0.335 e. The van der Waals surface area contributed by atoms with Gasteiger partial charge >= 0.3 is 6.03 Å². The molecule has 2 N–H and O–H groups in total. The van der Waals surface area contributed by atoms with Gasteiger partial charge in [-0.3, -0.25) is 0 Å². The summed E-state index contributed by atoms with van der Waals surface area (Å²) in [5, 5.41) is 6.59. The molecule has 2 aliphatic carbocycles. The molecule has 0 heterocycles. The van der Waals surface area contributed by atoms with E-state index in [1.807, 2.05) is 24.3 Å². The summed E-state index contributed by atoms with van der Waals surface area (Å²) in [6.45, 7) is 0. The molecule has 0 aliphatic heterocycles. The predicted octanol–water partition coefficient (Wildman–Crippen LogP) is 3.84. The van der Waals surface area contributed by atoms with Gasteiger partial charge in [-0.2, -0.15) is 0 Å². The fourth-order valence-electron chi connectivity index (χ4n) is 3.92. The summed E-state index contributed by atoms with van der Waals surface area (Å²) in [4.78, 5) is 12.5. The molecule has 2 aliphatic rings. The van der Waals surface area contributed by atoms with E-state index < -0.39 is 9.84 Å². The highest BCUT2D eigenvalue weighted by Gasteiger charge is 2.32. The summed E-state index contributed by atoms with van der Waals surface area (Å²) in [7, 11) is -2.98. The second-order valence-electron chi connectivity index (χ2n) is 7.64. The largest absolute Gasteiger partial charge is 0.335 e. The van der Waals surface area contributed by atoms with Crippen molar-refractivity contribution in [2.75, 3.05) is 6.26 Å². The van der Waals surface area contributed by atoms with E-state index >= 15 is 0 Å². The van der Waals surface area contributed by atoms with Gasteiger partial charge in [0, 0.05) is 17.3 Å². The Hall–Kier alpha value is -1.27. The highest BCUT2D eigenvalue weighted by molar-refractivity contribution is 7.91. The van der Waals surface area contributed by atoms with E-state index in [0.717, 1.165) is 18.4 Å². The van der Waals surface area contributed by atoms with Crippen LogP contribution in [-0.2, 0) is 9.84 Å². The van der Waals surface area contributed by atoms with Gasteiger partial charge in [0.05, 0.1) is 11.3 Å². The number of hydrogen-bond acceptors (Lipinski definition) is 3. The first-order valence-corrected chi connectivity index (χ1v) is 11.7. The highest BCUT2D eigenvalue weighted by Crippen LogP contribution is 2.38. The van der Waals surface area contributed by atoms with Crippen LogP contribution in [0.15, 0.2) is 24.3 Å². The van der Waals surface area contributed by atoms with Crippen molar-refractivity contribution >= 4 is 27.5 Å². The quantitative estimate of drug-likeness (QED) is 0.791. The summed E-state index contributed by atoms with van der Waals surface area (Å²) >= 11 is 5.98. The van der Waals surface area contributed by atoms with Crippen LogP contribution >= 0.6 is 11.6 Å². The molecule has 1 aromatic carbocycles. The van der Waals surface area contributed by atoms with Crippen molar-refractivity contribution in [1.29, 1.82) is 0 Å². The molecule has 26 heavy (non-hydrogen) atoms. The lowest BCUT2D eigenvalue weighted by Crippen LogP contribution is -2.47. The van der Waals surface area contributed by atoms with Gasteiger partial charge in [0.25, 0.3) is 0 Å². The van der Waals surface area contributed by atoms with E-state index in [4.69, 9.17) is 11.6 Å². The molecule has 3 rings (SSSR count). The Morgan fingerprint density at radius 1 is 1.08 bits per heavy atom. The molecule has 144 valence electrons. The standard InChI is InChI=1S/C19H27ClN2O3S/c1-26(24,25)17-11-9-16(10-12-17)21-19(23)22-18(13-3-2-4-13)14-5-7-15(20)8-6-14/h5-8,13,16-18H,2-4,9-12H2,1H3,(H2,21,22,23). The van der Waals surface area contributed by atoms with E-state index in [-0.39, 0.29) is 23.4 Å². The predicted molar refractivity (Wildman–Crippen MR) is 104 cm³/mol. The van der Waals surface area contributed by atoms with E-state index in [2.05, 4.69) is 10.6 Å². The molecule has 2 saturated carbocycles. The average Bonchev–Trinajstić information content (AvgIpc) is 2.53. The maximum Gasteiger partial charge on any atom is 0.315 e. The number of urea groups is 1. The molecular weight excluding hydrogens is 372 g/mol. The van der Waals surface area contributed by atoms with Crippen molar-refractivity contribution in [2.24, 2.45) is 5.92 Å². The molecule has 1 atom stereocenters. The van der Waals surface area contributed by atoms with Crippen LogP contribution < -0.4 is 10.6 Å². The molecule has 0 aromatic heterocycles. The number of carbonyl (C=O) groups is 1. The number of rotatable bonds is 5. The Morgan fingerprint density at radius 3 is 2.19 bits per heavy atom. The number of carbonyl (C=O) groups excluding carboxylic acids is 1. The topological polar surface area (TPSA) is 75.3 Å². The lowest BCUT2D eigenvalue weighted by atomic mass is 9.77. The number of sulfone groups is 1. The summed E-state index contributed by atoms with van der Waals surface area (Å²) in [5.74, 6) is 0.461. The first kappa shape index (κ1) is 19.5. The van der Waals surface area contributed by atoms with Crippen LogP contribution in [0.2, 0.25) is 5.02 Å². The van der Waals surface area contributed by atoms with E-state index in [1.165, 1.54) is 12.7 Å². The summed E-state index contributed by atoms with van der Waals surface area (Å²) in [6, 6.07) is 7.53. The van der Waals surface area contributed by atoms with Crippen LogP contribution in [0, 0.1) is 5.92 Å². The third kappa shape index (κ3) is 4.92. The van der Waals surface area contributed by atoms with Gasteiger partial charge in [0.2, 0.25) is 0 Å². The minimum absolute atomic E-state index is 0.00613. The lowest BCUT2D eigenvalue weighted by molar-refractivity contribution is 0.203. The third-order valence-corrected chi connectivity index (χ3v) is 7.69. The third-order valence-electron chi connectivity index (χ3n) is 5.75. The molecule has 1 aromatic rings. The summed E-state index contributed by atoms with van der Waals surface area (Å²) in [5.41, 5.74) is 1.08. The lowest BCUT2D eigenvalue weighted by Gasteiger charge is -2.35. The molecule has 5 nitrogen and oxygen atoms in total. The number of benzene rings is 1. The minimum atomic E-state index is -2.98. The van der Waals surface area contributed by atoms with Crippen LogP contribution in [0.4, 0.5) is 4.79 Å². The molecule has 0 saturated heterocycles. The Kier molecular flexibility index (Phi) is 6.13. The smallest absolute Gasteiger partial charge is 0.315 e. The van der Waals surface area contributed by atoms with Gasteiger partial charge in [-0.25, -0.2) is 13.2 Å². The number of nitrogens with one attached hydrogen (secondary N) is 2. The van der Waals surface area contributed by atoms with Gasteiger partial charge < -0.3 is 10.6 Å². The Bertz CT molecular complexity index is 724. The average molecular weight is 399 g/mol. The maximum absolute atomic E-state index is 12.5. The van der Waals surface area contributed by atoms with Gasteiger partial charge in [-0.1, -0.05) is 30.2 Å². The van der Waals surface area contributed by atoms with E-state index in [0.29, 0.717) is 36.6 Å². The SMILES string of the molecule is CS(=O)(=O)C1CCC(NC(=O)NC(c2ccc(Cl)cc2)C2CCC2)CC1. The van der Waals surface area contributed by atoms with Crippen molar-refractivity contribution in [3.63, 3.8) is 0 Å². The molecule has 2 amide bonds. The van der Waals surface area contributed by atoms with Crippen LogP contribution in [0.3, 0.4) is 0 Å². The molecule has 0 bridgehead atoms. The normalized spacial score (nSPS) is 25.2. The second kappa shape index (κ2) is 8.17. The van der Waals surface area contributed by atoms with Crippen molar-refractivity contribution in [3.8, 4) is 0 Å². The van der Waals surface area contributed by atoms with Crippen molar-refractivity contribution in [1.82, 2.24) is 10.6 Å². The first-order chi connectivity index (χ1) is 12.3. The number of hydrogen-bond donors (Lipinski definition) is 2. The van der Waals surface area contributed by atoms with Crippen LogP contribution in [-0.4, -0.2) is 32.0 Å². The van der Waals surface area contributed by atoms with Gasteiger partial charge in [-0.15, -0.1) is 0 Å². The maximum atomic E-state index is 12.5. The highest BCUT2D eigenvalue weighted by atomic mass is 35.5. The Balaban J connectivity index is 1.56. The molecule has 2 fully saturated rings. The molecule has 7 heteroatoms. The second-order valence-corrected chi connectivity index (χ2v) is 10.4. The molecule has 0 radical (unpaired) electrons. The zero-order valence-electron chi connectivity index (χ0n) is 15.1.